The van der Waals surface area contributed by atoms with E-state index in [4.69, 9.17) is 5.11 Å². The van der Waals surface area contributed by atoms with Crippen LogP contribution in [0.25, 0.3) is 0 Å². The molecule has 0 amide bonds. The first-order valence-corrected chi connectivity index (χ1v) is 3.18. The molecule has 0 saturated heterocycles. The van der Waals surface area contributed by atoms with Gasteiger partial charge in [-0.1, -0.05) is 6.08 Å². The van der Waals surface area contributed by atoms with Crippen molar-refractivity contribution >= 4 is 5.97 Å². The summed E-state index contributed by atoms with van der Waals surface area (Å²) in [5.74, 6) is -1.04. The minimum Gasteiger partial charge on any atom is -0.521 e. The number of carbonyl (C=O) groups is 1. The summed E-state index contributed by atoms with van der Waals surface area (Å²) < 4.78 is 0. The fraction of sp³-hybridized carbons (Fsp3) is 0. The van der Waals surface area contributed by atoms with E-state index in [-0.39, 0.29) is 22.6 Å². The zero-order chi connectivity index (χ0) is 9.52. The first-order valence-electron chi connectivity index (χ1n) is 3.18. The van der Waals surface area contributed by atoms with Gasteiger partial charge in [0.15, 0.2) is 0 Å². The molecule has 0 atom stereocenters. The van der Waals surface area contributed by atoms with E-state index in [9.17, 15) is 4.79 Å². The van der Waals surface area contributed by atoms with Gasteiger partial charge in [0.1, 0.15) is 0 Å². The van der Waals surface area contributed by atoms with Crippen molar-refractivity contribution in [2.45, 2.75) is 0 Å². The predicted molar refractivity (Wildman–Crippen MR) is 42.0 cm³/mol. The van der Waals surface area contributed by atoms with Crippen molar-refractivity contribution in [1.82, 2.24) is 0 Å². The van der Waals surface area contributed by atoms with Crippen LogP contribution < -0.4 is 0 Å². The number of aliphatic carboxylic acids is 1. The summed E-state index contributed by atoms with van der Waals surface area (Å²) in [6.07, 6.45) is 7.30. The topological polar surface area (TPSA) is 37.3 Å². The van der Waals surface area contributed by atoms with E-state index in [1.165, 1.54) is 0 Å². The van der Waals surface area contributed by atoms with Gasteiger partial charge in [0.05, 0.1) is 0 Å². The van der Waals surface area contributed by atoms with E-state index in [0.717, 1.165) is 0 Å². The molecule has 14 heavy (non-hydrogen) atoms. The maximum Gasteiger partial charge on any atom is 2.00 e. The quantitative estimate of drug-likeness (QED) is 0.405. The maximum atomic E-state index is 9.96. The number of hydrogen-bond acceptors (Lipinski definition) is 1. The number of hydrogen-bond donors (Lipinski definition) is 1. The number of carboxylic acid groups (broad SMARTS) is 1. The molecule has 65 valence electrons. The van der Waals surface area contributed by atoms with Gasteiger partial charge >= 0.3 is 17.1 Å². The first kappa shape index (κ1) is 12.1. The minimum absolute atomic E-state index is 0. The SMILES string of the molecule is O=C(O)C1=C=C=C=[C-]1.[C]1=C=C=C=[C-]1.[Fe+2]. The van der Waals surface area contributed by atoms with Crippen molar-refractivity contribution in [3.8, 4) is 0 Å². The fourth-order valence-electron chi connectivity index (χ4n) is 0.482. The Morgan fingerprint density at radius 3 is 2.21 bits per heavy atom. The van der Waals surface area contributed by atoms with Gasteiger partial charge in [-0.15, -0.1) is 12.2 Å². The Balaban J connectivity index is 0.000000246. The third-order valence-electron chi connectivity index (χ3n) is 0.964. The van der Waals surface area contributed by atoms with E-state index in [1.807, 2.05) is 0 Å². The third-order valence-corrected chi connectivity index (χ3v) is 0.964. The second-order valence-electron chi connectivity index (χ2n) is 1.81. The van der Waals surface area contributed by atoms with Gasteiger partial charge in [-0.3, -0.25) is 11.5 Å². The van der Waals surface area contributed by atoms with Crippen LogP contribution in [0, 0.1) is 18.2 Å². The second-order valence-corrected chi connectivity index (χ2v) is 1.81. The van der Waals surface area contributed by atoms with Crippen molar-refractivity contribution in [3.63, 3.8) is 0 Å². The maximum absolute atomic E-state index is 9.96. The molecule has 0 heterocycles. The van der Waals surface area contributed by atoms with E-state index in [2.05, 4.69) is 52.6 Å². The molecule has 0 unspecified atom stereocenters. The molecule has 0 spiro atoms. The monoisotopic (exact) mass is 221 g/mol. The predicted octanol–water partition coefficient (Wildman–Crippen LogP) is 0.905. The van der Waals surface area contributed by atoms with Crippen molar-refractivity contribution in [1.29, 1.82) is 0 Å². The third kappa shape index (κ3) is 4.24. The van der Waals surface area contributed by atoms with Crippen molar-refractivity contribution in [2.75, 3.05) is 0 Å². The number of rotatable bonds is 1. The Hall–Kier alpha value is -1.85. The molecule has 0 aromatic rings. The Morgan fingerprint density at radius 1 is 1.21 bits per heavy atom. The number of allylic oxidation sites excluding steroid dienone is 2. The van der Waals surface area contributed by atoms with Gasteiger partial charge in [0, 0.05) is 0 Å². The molecule has 1 radical (unpaired) electrons. The molecule has 2 rings (SSSR count). The summed E-state index contributed by atoms with van der Waals surface area (Å²) in [7, 11) is 0. The summed E-state index contributed by atoms with van der Waals surface area (Å²) in [6.45, 7) is 0. The fourth-order valence-corrected chi connectivity index (χ4v) is 0.482. The average Bonchev–Trinajstić information content (AvgIpc) is 2.82. The molecule has 3 heteroatoms. The van der Waals surface area contributed by atoms with Crippen LogP contribution in [0.3, 0.4) is 0 Å². The molecule has 0 aliphatic heterocycles. The zero-order valence-electron chi connectivity index (χ0n) is 6.71. The van der Waals surface area contributed by atoms with Gasteiger partial charge in [-0.25, -0.2) is 11.5 Å². The molecule has 0 fully saturated rings. The smallest absolute Gasteiger partial charge is 0.521 e. The van der Waals surface area contributed by atoms with Gasteiger partial charge < -0.3 is 9.90 Å². The van der Waals surface area contributed by atoms with Gasteiger partial charge in [-0.2, -0.15) is 11.5 Å². The van der Waals surface area contributed by atoms with E-state index >= 15 is 0 Å². The summed E-state index contributed by atoms with van der Waals surface area (Å²) in [5.41, 5.74) is 14.4. The first-order chi connectivity index (χ1) is 6.30. The average molecular weight is 221 g/mol. The Bertz CT molecular complexity index is 485. The molecule has 2 aliphatic carbocycles. The van der Waals surface area contributed by atoms with Crippen LogP contribution in [0.15, 0.2) is 40.0 Å². The Kier molecular flexibility index (Phi) is 5.76. The van der Waals surface area contributed by atoms with Gasteiger partial charge in [0.2, 0.25) is 0 Å². The molecule has 1 N–H and O–H groups in total. The van der Waals surface area contributed by atoms with Gasteiger partial charge in [0.25, 0.3) is 5.97 Å². The van der Waals surface area contributed by atoms with E-state index in [1.54, 1.807) is 0 Å². The molecule has 2 aliphatic rings. The van der Waals surface area contributed by atoms with Crippen molar-refractivity contribution < 1.29 is 27.0 Å². The van der Waals surface area contributed by atoms with Crippen LogP contribution in [0.4, 0.5) is 0 Å². The normalized spacial score (nSPS) is 11.0. The Morgan fingerprint density at radius 2 is 2.00 bits per heavy atom. The molecule has 0 bridgehead atoms. The molecule has 0 saturated carbocycles. The van der Waals surface area contributed by atoms with Crippen LogP contribution >= 0.6 is 0 Å². The van der Waals surface area contributed by atoms with Crippen LogP contribution in [0.5, 0.6) is 0 Å². The van der Waals surface area contributed by atoms with E-state index in [0.29, 0.717) is 0 Å². The standard InChI is InChI=1S/C6HO2.C5.Fe/c7-6(8)5-3-1-2-4-5;1-2-4-5-3-1;/h(H,7,8);;/q2*-1;+2. The minimum atomic E-state index is -1.04. The molecule has 2 nitrogen and oxygen atoms in total. The largest absolute Gasteiger partial charge is 2.00 e. The summed E-state index contributed by atoms with van der Waals surface area (Å²) in [6, 6.07) is 0. The summed E-state index contributed by atoms with van der Waals surface area (Å²) >= 11 is 0. The van der Waals surface area contributed by atoms with Crippen LogP contribution in [0.2, 0.25) is 0 Å². The van der Waals surface area contributed by atoms with Crippen molar-refractivity contribution in [2.24, 2.45) is 0 Å². The zero-order valence-corrected chi connectivity index (χ0v) is 7.81. The number of carboxylic acids is 1. The molecule has 0 aromatic heterocycles. The van der Waals surface area contributed by atoms with E-state index < -0.39 is 5.97 Å². The van der Waals surface area contributed by atoms with Gasteiger partial charge in [-0.05, 0) is 5.57 Å². The molecular weight excluding hydrogens is 220 g/mol. The Labute approximate surface area is 91.4 Å². The van der Waals surface area contributed by atoms with Crippen LogP contribution in [0.1, 0.15) is 0 Å². The second kappa shape index (κ2) is 6.64. The van der Waals surface area contributed by atoms with Crippen LogP contribution in [-0.2, 0) is 21.9 Å². The van der Waals surface area contributed by atoms with Crippen LogP contribution in [-0.4, -0.2) is 11.1 Å². The van der Waals surface area contributed by atoms with Crippen molar-refractivity contribution in [3.05, 3.63) is 58.2 Å². The summed E-state index contributed by atoms with van der Waals surface area (Å²) in [4.78, 5) is 9.96. The molecular formula is C11HFeO2. The molecule has 0 aromatic carbocycles. The summed E-state index contributed by atoms with van der Waals surface area (Å²) in [5, 5.41) is 8.17.